The first kappa shape index (κ1) is 56.9. The van der Waals surface area contributed by atoms with Gasteiger partial charge in [0.15, 0.2) is 18.9 Å². The fourth-order valence-electron chi connectivity index (χ4n) is 8.22. The van der Waals surface area contributed by atoms with E-state index in [-0.39, 0.29) is 18.9 Å². The molecular weight excluding hydrogens is 842 g/mol. The lowest BCUT2D eigenvalue weighted by atomic mass is 9.96. The first-order valence-corrected chi connectivity index (χ1v) is 23.9. The number of ether oxygens (including phenoxy) is 6. The molecule has 3 aliphatic heterocycles. The van der Waals surface area contributed by atoms with Gasteiger partial charge in [0.25, 0.3) is 0 Å². The van der Waals surface area contributed by atoms with Crippen LogP contribution in [0.4, 0.5) is 0 Å². The molecule has 0 radical (unpaired) electrons. The Morgan fingerprint density at radius 1 is 0.547 bits per heavy atom. The molecule has 0 bridgehead atoms. The molecule has 64 heavy (non-hydrogen) atoms. The molecular formula is C45H83NO18. The maximum absolute atomic E-state index is 12.7. The first-order valence-electron chi connectivity index (χ1n) is 23.9. The predicted molar refractivity (Wildman–Crippen MR) is 231 cm³/mol. The Bertz CT molecular complexity index is 1250. The normalized spacial score (nSPS) is 34.5. The molecule has 3 saturated heterocycles. The topological polar surface area (TPSA) is 307 Å². The van der Waals surface area contributed by atoms with E-state index in [0.717, 1.165) is 32.1 Å². The largest absolute Gasteiger partial charge is 0.394 e. The van der Waals surface area contributed by atoms with Crippen molar-refractivity contribution in [1.29, 1.82) is 0 Å². The minimum Gasteiger partial charge on any atom is -0.394 e. The molecule has 1 amide bonds. The van der Waals surface area contributed by atoms with Crippen LogP contribution in [0.1, 0.15) is 136 Å². The summed E-state index contributed by atoms with van der Waals surface area (Å²) in [5, 5.41) is 119. The summed E-state index contributed by atoms with van der Waals surface area (Å²) >= 11 is 0. The lowest BCUT2D eigenvalue weighted by Gasteiger charge is -2.48. The van der Waals surface area contributed by atoms with Gasteiger partial charge in [-0.05, 0) is 19.3 Å². The molecule has 19 nitrogen and oxygen atoms in total. The highest BCUT2D eigenvalue weighted by Gasteiger charge is 2.53. The van der Waals surface area contributed by atoms with E-state index in [2.05, 4.69) is 12.2 Å². The van der Waals surface area contributed by atoms with E-state index in [0.29, 0.717) is 6.42 Å². The fraction of sp³-hybridized carbons (Fsp3) is 0.933. The van der Waals surface area contributed by atoms with Crippen LogP contribution in [0.2, 0.25) is 0 Å². The van der Waals surface area contributed by atoms with Crippen LogP contribution in [0.3, 0.4) is 0 Å². The Kier molecular flexibility index (Phi) is 28.0. The van der Waals surface area contributed by atoms with Crippen molar-refractivity contribution < 1.29 is 89.4 Å². The molecule has 376 valence electrons. The number of aliphatic hydroxyl groups excluding tert-OH is 11. The number of amides is 1. The summed E-state index contributed by atoms with van der Waals surface area (Å²) in [6.07, 6.45) is -1.97. The number of hydrogen-bond acceptors (Lipinski definition) is 18. The van der Waals surface area contributed by atoms with Crippen LogP contribution in [-0.4, -0.2) is 193 Å². The SMILES string of the molecule is CCCCCCCCCCCCCCCCC/C=C/C(O)C(COC1OC(CO)C(OC2OC(CO)C(OC3OC(CO)C(O)C(O)C3O)C(O)C2O)C(O)C1O)NC(=O)CCCC. The molecule has 0 aromatic heterocycles. The van der Waals surface area contributed by atoms with E-state index < -0.39 is 124 Å². The maximum atomic E-state index is 12.7. The number of carbonyl (C=O) groups is 1. The van der Waals surface area contributed by atoms with E-state index >= 15 is 0 Å². The monoisotopic (exact) mass is 926 g/mol. The predicted octanol–water partition coefficient (Wildman–Crippen LogP) is 0.305. The molecule has 0 aromatic carbocycles. The third-order valence-corrected chi connectivity index (χ3v) is 12.3. The zero-order chi connectivity index (χ0) is 47.0. The van der Waals surface area contributed by atoms with Crippen LogP contribution >= 0.6 is 0 Å². The molecule has 12 N–H and O–H groups in total. The first-order chi connectivity index (χ1) is 30.8. The van der Waals surface area contributed by atoms with Crippen LogP contribution in [0.5, 0.6) is 0 Å². The molecule has 17 atom stereocenters. The van der Waals surface area contributed by atoms with Gasteiger partial charge in [-0.1, -0.05) is 122 Å². The Balaban J connectivity index is 1.49. The zero-order valence-corrected chi connectivity index (χ0v) is 38.0. The van der Waals surface area contributed by atoms with Crippen LogP contribution in [-0.2, 0) is 33.2 Å². The standard InChI is InChI=1S/C45H83NO18/c1-3-5-7-8-9-10-11-12-13-14-15-16-17-18-19-20-21-22-29(50)28(46-33(51)23-6-4-2)27-59-43-39(57)36(54)41(31(25-48)61-43)64-45-40(58)37(55)42(32(26-49)62-45)63-44-38(56)35(53)34(52)30(24-47)60-44/h21-22,28-32,34-45,47-50,52-58H,3-20,23-27H2,1-2H3,(H,46,51)/b22-21+. The van der Waals surface area contributed by atoms with Gasteiger partial charge in [0.1, 0.15) is 73.2 Å². The minimum atomic E-state index is -1.97. The average Bonchev–Trinajstić information content (AvgIpc) is 3.29. The fourth-order valence-corrected chi connectivity index (χ4v) is 8.22. The van der Waals surface area contributed by atoms with Gasteiger partial charge in [-0.25, -0.2) is 0 Å². The summed E-state index contributed by atoms with van der Waals surface area (Å²) in [7, 11) is 0. The molecule has 0 saturated carbocycles. The Morgan fingerprint density at radius 3 is 1.45 bits per heavy atom. The van der Waals surface area contributed by atoms with Crippen molar-refractivity contribution in [1.82, 2.24) is 5.32 Å². The maximum Gasteiger partial charge on any atom is 0.220 e. The molecule has 0 spiro atoms. The van der Waals surface area contributed by atoms with Crippen molar-refractivity contribution in [3.63, 3.8) is 0 Å². The molecule has 0 aromatic rings. The van der Waals surface area contributed by atoms with Crippen LogP contribution in [0.15, 0.2) is 12.2 Å². The zero-order valence-electron chi connectivity index (χ0n) is 38.0. The quantitative estimate of drug-likeness (QED) is 0.0319. The summed E-state index contributed by atoms with van der Waals surface area (Å²) in [4.78, 5) is 12.7. The van der Waals surface area contributed by atoms with Gasteiger partial charge in [0, 0.05) is 6.42 Å². The smallest absolute Gasteiger partial charge is 0.220 e. The number of carbonyl (C=O) groups excluding carboxylic acids is 1. The number of allylic oxidation sites excluding steroid dienone is 1. The highest BCUT2D eigenvalue weighted by Crippen LogP contribution is 2.33. The highest BCUT2D eigenvalue weighted by atomic mass is 16.8. The third-order valence-electron chi connectivity index (χ3n) is 12.3. The minimum absolute atomic E-state index is 0.219. The Labute approximate surface area is 378 Å². The van der Waals surface area contributed by atoms with Crippen LogP contribution in [0, 0.1) is 0 Å². The second kappa shape index (κ2) is 31.6. The summed E-state index contributed by atoms with van der Waals surface area (Å²) in [6.45, 7) is 1.42. The molecule has 19 heteroatoms. The van der Waals surface area contributed by atoms with Crippen LogP contribution < -0.4 is 5.32 Å². The van der Waals surface area contributed by atoms with Gasteiger partial charge in [0.2, 0.25) is 5.91 Å². The molecule has 0 aliphatic carbocycles. The molecule has 3 rings (SSSR count). The summed E-state index contributed by atoms with van der Waals surface area (Å²) in [5.41, 5.74) is 0. The summed E-state index contributed by atoms with van der Waals surface area (Å²) in [6, 6.07) is -0.961. The summed E-state index contributed by atoms with van der Waals surface area (Å²) < 4.78 is 33.8. The number of aliphatic hydroxyl groups is 11. The van der Waals surface area contributed by atoms with E-state index in [1.807, 2.05) is 13.0 Å². The van der Waals surface area contributed by atoms with Gasteiger partial charge in [-0.3, -0.25) is 4.79 Å². The second-order valence-corrected chi connectivity index (χ2v) is 17.6. The number of hydrogen-bond donors (Lipinski definition) is 12. The molecule has 3 heterocycles. The summed E-state index contributed by atoms with van der Waals surface area (Å²) in [5.74, 6) is -0.313. The van der Waals surface area contributed by atoms with Crippen molar-refractivity contribution in [2.24, 2.45) is 0 Å². The van der Waals surface area contributed by atoms with Crippen molar-refractivity contribution >= 4 is 5.91 Å². The Morgan fingerprint density at radius 2 is 0.969 bits per heavy atom. The van der Waals surface area contributed by atoms with E-state index in [1.54, 1.807) is 6.08 Å². The van der Waals surface area contributed by atoms with Gasteiger partial charge in [-0.2, -0.15) is 0 Å². The van der Waals surface area contributed by atoms with Gasteiger partial charge in [-0.15, -0.1) is 0 Å². The van der Waals surface area contributed by atoms with Crippen molar-refractivity contribution in [2.45, 2.75) is 240 Å². The number of rotatable bonds is 32. The number of nitrogens with one attached hydrogen (secondary N) is 1. The lowest BCUT2D eigenvalue weighted by Crippen LogP contribution is -2.66. The van der Waals surface area contributed by atoms with Gasteiger partial charge < -0.3 is 89.9 Å². The van der Waals surface area contributed by atoms with E-state index in [1.165, 1.54) is 77.0 Å². The molecule has 17 unspecified atom stereocenters. The van der Waals surface area contributed by atoms with Gasteiger partial charge >= 0.3 is 0 Å². The van der Waals surface area contributed by atoms with Crippen molar-refractivity contribution in [3.8, 4) is 0 Å². The second-order valence-electron chi connectivity index (χ2n) is 17.6. The van der Waals surface area contributed by atoms with E-state index in [4.69, 9.17) is 28.4 Å². The van der Waals surface area contributed by atoms with Crippen LogP contribution in [0.25, 0.3) is 0 Å². The van der Waals surface area contributed by atoms with Crippen molar-refractivity contribution in [3.05, 3.63) is 12.2 Å². The van der Waals surface area contributed by atoms with Gasteiger partial charge in [0.05, 0.1) is 38.6 Å². The van der Waals surface area contributed by atoms with Crippen molar-refractivity contribution in [2.75, 3.05) is 26.4 Å². The highest BCUT2D eigenvalue weighted by molar-refractivity contribution is 5.76. The average molecular weight is 926 g/mol. The third kappa shape index (κ3) is 18.2. The molecule has 3 fully saturated rings. The lowest BCUT2D eigenvalue weighted by molar-refractivity contribution is -0.379. The Hall–Kier alpha value is -1.47. The van der Waals surface area contributed by atoms with E-state index in [9.17, 15) is 61.0 Å². The molecule has 3 aliphatic rings. The number of unbranched alkanes of at least 4 members (excludes halogenated alkanes) is 16.